The Hall–Kier alpha value is -4.47. The Labute approximate surface area is 244 Å². The summed E-state index contributed by atoms with van der Waals surface area (Å²) < 4.78 is 1.76. The van der Waals surface area contributed by atoms with Crippen LogP contribution in [0.2, 0.25) is 0 Å². The zero-order chi connectivity index (χ0) is 29.0. The maximum absolute atomic E-state index is 13.9. The lowest BCUT2D eigenvalue weighted by atomic mass is 9.82. The Kier molecular flexibility index (Phi) is 6.36. The van der Waals surface area contributed by atoms with Gasteiger partial charge in [-0.25, -0.2) is 19.3 Å². The van der Waals surface area contributed by atoms with Gasteiger partial charge in [-0.3, -0.25) is 4.79 Å². The van der Waals surface area contributed by atoms with Gasteiger partial charge in [0.15, 0.2) is 11.3 Å². The smallest absolute Gasteiger partial charge is 0.354 e. The number of pyridine rings is 2. The molecule has 1 N–H and O–H groups in total. The Morgan fingerprint density at radius 2 is 1.81 bits per heavy atom. The molecule has 0 radical (unpaired) electrons. The highest BCUT2D eigenvalue weighted by atomic mass is 16.4. The summed E-state index contributed by atoms with van der Waals surface area (Å²) in [6, 6.07) is 17.9. The number of benzene rings is 1. The minimum Gasteiger partial charge on any atom is -0.477 e. The van der Waals surface area contributed by atoms with Gasteiger partial charge in [0.2, 0.25) is 5.82 Å². The molecule has 1 aromatic carbocycles. The molecule has 42 heavy (non-hydrogen) atoms. The third-order valence-corrected chi connectivity index (χ3v) is 9.36. The molecule has 0 aliphatic carbocycles. The van der Waals surface area contributed by atoms with Crippen molar-refractivity contribution >= 4 is 29.0 Å². The summed E-state index contributed by atoms with van der Waals surface area (Å²) in [5.74, 6) is -0.0715. The van der Waals surface area contributed by atoms with E-state index in [1.807, 2.05) is 24.1 Å². The number of carboxylic acid groups (broad SMARTS) is 1. The number of piperidine rings is 1. The van der Waals surface area contributed by atoms with Gasteiger partial charge in [0.25, 0.3) is 5.91 Å². The summed E-state index contributed by atoms with van der Waals surface area (Å²) in [6.45, 7) is 8.19. The number of fused-ring (bicyclic) bond motifs is 5. The molecule has 4 fully saturated rings. The Morgan fingerprint density at radius 3 is 2.62 bits per heavy atom. The lowest BCUT2D eigenvalue weighted by Gasteiger charge is -2.35. The lowest BCUT2D eigenvalue weighted by molar-refractivity contribution is 0.0579. The van der Waals surface area contributed by atoms with Crippen molar-refractivity contribution in [3.8, 4) is 0 Å². The van der Waals surface area contributed by atoms with Gasteiger partial charge in [-0.05, 0) is 61.4 Å². The van der Waals surface area contributed by atoms with E-state index < -0.39 is 5.97 Å². The number of aromatic nitrogens is 4. The van der Waals surface area contributed by atoms with Gasteiger partial charge in [0.1, 0.15) is 5.82 Å². The van der Waals surface area contributed by atoms with Gasteiger partial charge >= 0.3 is 5.97 Å². The van der Waals surface area contributed by atoms with Crippen LogP contribution in [0.15, 0.2) is 60.8 Å². The molecule has 4 aliphatic heterocycles. The zero-order valence-electron chi connectivity index (χ0n) is 24.0. The fourth-order valence-corrected chi connectivity index (χ4v) is 7.02. The maximum Gasteiger partial charge on any atom is 0.354 e. The topological polar surface area (TPSA) is 107 Å². The largest absolute Gasteiger partial charge is 0.477 e. The van der Waals surface area contributed by atoms with Gasteiger partial charge in [0.05, 0.1) is 11.9 Å². The number of hydrogen-bond donors (Lipinski definition) is 1. The Morgan fingerprint density at radius 1 is 0.976 bits per heavy atom. The van der Waals surface area contributed by atoms with E-state index in [0.717, 1.165) is 50.1 Å². The number of hydrogen-bond acceptors (Lipinski definition) is 7. The summed E-state index contributed by atoms with van der Waals surface area (Å²) in [4.78, 5) is 40.8. The second-order valence-corrected chi connectivity index (χ2v) is 12.3. The molecule has 0 saturated carbocycles. The summed E-state index contributed by atoms with van der Waals surface area (Å²) in [6.07, 6.45) is 4.97. The average Bonchev–Trinajstić information content (AvgIpc) is 3.51. The number of carbonyl (C=O) groups excluding carboxylic acids is 1. The number of anilines is 2. The van der Waals surface area contributed by atoms with Gasteiger partial charge in [-0.1, -0.05) is 43.3 Å². The van der Waals surface area contributed by atoms with E-state index in [9.17, 15) is 14.7 Å². The van der Waals surface area contributed by atoms with Crippen molar-refractivity contribution in [2.75, 3.05) is 42.5 Å². The van der Waals surface area contributed by atoms with Crippen LogP contribution in [0, 0.1) is 12.8 Å². The highest BCUT2D eigenvalue weighted by molar-refractivity contribution is 5.91. The standard InChI is InChI=1S/C32H35N7O3/c1-21-15-25(36-14-13-32(2,20-36)23-7-4-3-5-8-23)19-39-29(21)34-28(35-39)30(40)38-17-22-11-12-24(38)18-37(16-22)27-10-6-9-26(33-27)31(41)42/h3-10,15,19,22,24H,11-14,16-18,20H2,1-2H3,(H,41,42)/t22?,24?,32-/m0/s1. The van der Waals surface area contributed by atoms with Crippen molar-refractivity contribution in [3.05, 3.63) is 83.4 Å². The van der Waals surface area contributed by atoms with Crippen molar-refractivity contribution in [3.63, 3.8) is 0 Å². The van der Waals surface area contributed by atoms with Crippen LogP contribution in [0.3, 0.4) is 0 Å². The van der Waals surface area contributed by atoms with Crippen LogP contribution in [0.4, 0.5) is 11.5 Å². The molecule has 10 heteroatoms. The molecule has 216 valence electrons. The van der Waals surface area contributed by atoms with Gasteiger partial charge < -0.3 is 19.8 Å². The highest BCUT2D eigenvalue weighted by Crippen LogP contribution is 2.37. The van der Waals surface area contributed by atoms with Crippen molar-refractivity contribution < 1.29 is 14.7 Å². The van der Waals surface area contributed by atoms with E-state index in [1.165, 1.54) is 11.6 Å². The predicted molar refractivity (Wildman–Crippen MR) is 159 cm³/mol. The van der Waals surface area contributed by atoms with Crippen LogP contribution in [0.25, 0.3) is 5.65 Å². The highest BCUT2D eigenvalue weighted by Gasteiger charge is 2.39. The molecular formula is C32H35N7O3. The molecular weight excluding hydrogens is 530 g/mol. The molecule has 0 spiro atoms. The van der Waals surface area contributed by atoms with Crippen LogP contribution >= 0.6 is 0 Å². The third kappa shape index (κ3) is 4.64. The maximum atomic E-state index is 13.9. The second-order valence-electron chi connectivity index (χ2n) is 12.3. The molecule has 1 amide bonds. The second kappa shape index (κ2) is 10.1. The van der Waals surface area contributed by atoms with Crippen molar-refractivity contribution in [1.82, 2.24) is 24.5 Å². The van der Waals surface area contributed by atoms with Crippen molar-refractivity contribution in [2.45, 2.75) is 44.6 Å². The fourth-order valence-electron chi connectivity index (χ4n) is 7.02. The van der Waals surface area contributed by atoms with Gasteiger partial charge in [-0.15, -0.1) is 5.10 Å². The molecule has 4 aliphatic rings. The number of carbonyl (C=O) groups is 2. The summed E-state index contributed by atoms with van der Waals surface area (Å²) >= 11 is 0. The number of aryl methyl sites for hydroxylation is 1. The van der Waals surface area contributed by atoms with Crippen LogP contribution in [-0.4, -0.2) is 80.2 Å². The molecule has 7 heterocycles. The number of carboxylic acids is 1. The predicted octanol–water partition coefficient (Wildman–Crippen LogP) is 4.04. The lowest BCUT2D eigenvalue weighted by Crippen LogP contribution is -2.47. The first-order chi connectivity index (χ1) is 20.3. The summed E-state index contributed by atoms with van der Waals surface area (Å²) in [5.41, 5.74) is 4.24. The monoisotopic (exact) mass is 565 g/mol. The number of rotatable bonds is 5. The summed E-state index contributed by atoms with van der Waals surface area (Å²) in [5, 5.41) is 14.1. The number of amides is 1. The molecule has 4 aromatic rings. The molecule has 2 bridgehead atoms. The van der Waals surface area contributed by atoms with Crippen molar-refractivity contribution in [1.29, 1.82) is 0 Å². The van der Waals surface area contributed by atoms with Gasteiger partial charge in [-0.2, -0.15) is 0 Å². The number of nitrogens with zero attached hydrogens (tertiary/aromatic N) is 7. The first-order valence-corrected chi connectivity index (χ1v) is 14.7. The van der Waals surface area contributed by atoms with E-state index in [4.69, 9.17) is 10.1 Å². The minimum absolute atomic E-state index is 0.0185. The number of aromatic carboxylic acids is 1. The van der Waals surface area contributed by atoms with E-state index >= 15 is 0 Å². The normalized spacial score (nSPS) is 23.9. The van der Waals surface area contributed by atoms with Crippen LogP contribution < -0.4 is 9.80 Å². The molecule has 3 aromatic heterocycles. The van der Waals surface area contributed by atoms with Crippen molar-refractivity contribution in [2.24, 2.45) is 5.92 Å². The van der Waals surface area contributed by atoms with Crippen LogP contribution in [-0.2, 0) is 5.41 Å². The molecule has 10 nitrogen and oxygen atoms in total. The Balaban J connectivity index is 1.12. The quantitative estimate of drug-likeness (QED) is 0.387. The van der Waals surface area contributed by atoms with Crippen LogP contribution in [0.1, 0.15) is 58.4 Å². The minimum atomic E-state index is -1.04. The first-order valence-electron chi connectivity index (χ1n) is 14.7. The zero-order valence-corrected chi connectivity index (χ0v) is 24.0. The Bertz CT molecular complexity index is 1670. The van der Waals surface area contributed by atoms with E-state index in [-0.39, 0.29) is 34.8 Å². The molecule has 8 rings (SSSR count). The van der Waals surface area contributed by atoms with Crippen LogP contribution in [0.5, 0.6) is 0 Å². The first kappa shape index (κ1) is 26.4. The average molecular weight is 566 g/mol. The molecule has 3 atom stereocenters. The SMILES string of the molecule is Cc1cc(N2CC[C@](C)(c3ccccc3)C2)cn2nc(C(=O)N3CC4CCC3CN(c3cccc(C(=O)O)n3)C4)nc12. The third-order valence-electron chi connectivity index (χ3n) is 9.36. The molecule has 4 saturated heterocycles. The van der Waals surface area contributed by atoms with E-state index in [1.54, 1.807) is 10.6 Å². The molecule has 2 unspecified atom stereocenters. The summed E-state index contributed by atoms with van der Waals surface area (Å²) in [7, 11) is 0. The fraction of sp³-hybridized carbons (Fsp3) is 0.406. The van der Waals surface area contributed by atoms with E-state index in [2.05, 4.69) is 58.1 Å². The van der Waals surface area contributed by atoms with E-state index in [0.29, 0.717) is 24.6 Å². The van der Waals surface area contributed by atoms with Gasteiger partial charge in [0, 0.05) is 44.2 Å².